The Kier molecular flexibility index (Phi) is 5.81. The van der Waals surface area contributed by atoms with E-state index in [-0.39, 0.29) is 17.6 Å². The van der Waals surface area contributed by atoms with Crippen molar-refractivity contribution < 1.29 is 14.0 Å². The number of anilines is 1. The van der Waals surface area contributed by atoms with Crippen molar-refractivity contribution in [2.45, 2.75) is 32.5 Å². The van der Waals surface area contributed by atoms with Gasteiger partial charge in [-0.3, -0.25) is 9.59 Å². The highest BCUT2D eigenvalue weighted by Crippen LogP contribution is 2.24. The number of rotatable bonds is 6. The maximum atomic E-state index is 12.2. The zero-order valence-electron chi connectivity index (χ0n) is 15.5. The second-order valence-electron chi connectivity index (χ2n) is 6.24. The number of carbonyl (C=O) groups is 2. The van der Waals surface area contributed by atoms with Crippen molar-refractivity contribution in [1.29, 1.82) is 0 Å². The molecular weight excluding hydrogens is 362 g/mol. The SMILES string of the molecule is CC(=O)Nc1c(C)ccc(CNC(=O)CSc2nc3ccccc3o2)c1C. The minimum Gasteiger partial charge on any atom is -0.431 e. The fourth-order valence-corrected chi connectivity index (χ4v) is 3.40. The Bertz CT molecular complexity index is 964. The number of aromatic nitrogens is 1. The molecule has 2 aromatic carbocycles. The summed E-state index contributed by atoms with van der Waals surface area (Å²) in [5.41, 5.74) is 5.20. The molecule has 0 unspecified atom stereocenters. The number of amides is 2. The summed E-state index contributed by atoms with van der Waals surface area (Å²) >= 11 is 1.26. The summed E-state index contributed by atoms with van der Waals surface area (Å²) in [5, 5.41) is 6.23. The fraction of sp³-hybridized carbons (Fsp3) is 0.250. The van der Waals surface area contributed by atoms with Gasteiger partial charge in [-0.05, 0) is 42.7 Å². The molecule has 140 valence electrons. The molecule has 0 aliphatic carbocycles. The first-order valence-electron chi connectivity index (χ1n) is 8.56. The average Bonchev–Trinajstić information content (AvgIpc) is 3.05. The van der Waals surface area contributed by atoms with E-state index in [9.17, 15) is 9.59 Å². The number of nitrogens with zero attached hydrogens (tertiary/aromatic N) is 1. The Morgan fingerprint density at radius 1 is 1.15 bits per heavy atom. The molecule has 7 heteroatoms. The van der Waals surface area contributed by atoms with E-state index in [2.05, 4.69) is 15.6 Å². The maximum Gasteiger partial charge on any atom is 0.257 e. The van der Waals surface area contributed by atoms with Crippen molar-refractivity contribution in [2.75, 3.05) is 11.1 Å². The summed E-state index contributed by atoms with van der Waals surface area (Å²) in [7, 11) is 0. The van der Waals surface area contributed by atoms with Crippen LogP contribution in [0.15, 0.2) is 46.0 Å². The molecule has 0 aliphatic rings. The molecule has 0 fully saturated rings. The van der Waals surface area contributed by atoms with Crippen molar-refractivity contribution >= 4 is 40.4 Å². The molecule has 0 bridgehead atoms. The van der Waals surface area contributed by atoms with Gasteiger partial charge in [-0.25, -0.2) is 4.98 Å². The molecule has 3 rings (SSSR count). The predicted octanol–water partition coefficient (Wildman–Crippen LogP) is 3.81. The van der Waals surface area contributed by atoms with Gasteiger partial charge < -0.3 is 15.1 Å². The summed E-state index contributed by atoms with van der Waals surface area (Å²) in [6.07, 6.45) is 0. The highest BCUT2D eigenvalue weighted by atomic mass is 32.2. The Morgan fingerprint density at radius 2 is 1.93 bits per heavy atom. The normalized spacial score (nSPS) is 10.8. The summed E-state index contributed by atoms with van der Waals surface area (Å²) in [6, 6.07) is 11.4. The molecule has 1 aromatic heterocycles. The molecular formula is C20H21N3O3S. The molecule has 6 nitrogen and oxygen atoms in total. The lowest BCUT2D eigenvalue weighted by molar-refractivity contribution is -0.118. The quantitative estimate of drug-likeness (QED) is 0.632. The van der Waals surface area contributed by atoms with Crippen LogP contribution in [0.3, 0.4) is 0 Å². The van der Waals surface area contributed by atoms with Gasteiger partial charge in [0.25, 0.3) is 5.22 Å². The van der Waals surface area contributed by atoms with Crippen molar-refractivity contribution in [1.82, 2.24) is 10.3 Å². The highest BCUT2D eigenvalue weighted by molar-refractivity contribution is 7.99. The monoisotopic (exact) mass is 383 g/mol. The van der Waals surface area contributed by atoms with Gasteiger partial charge in [0.2, 0.25) is 11.8 Å². The second-order valence-corrected chi connectivity index (χ2v) is 7.16. The van der Waals surface area contributed by atoms with E-state index in [1.165, 1.54) is 18.7 Å². The summed E-state index contributed by atoms with van der Waals surface area (Å²) in [4.78, 5) is 27.9. The van der Waals surface area contributed by atoms with E-state index in [0.29, 0.717) is 17.4 Å². The van der Waals surface area contributed by atoms with Crippen LogP contribution < -0.4 is 10.6 Å². The van der Waals surface area contributed by atoms with Gasteiger partial charge in [0.1, 0.15) is 5.52 Å². The first-order valence-corrected chi connectivity index (χ1v) is 9.54. The smallest absolute Gasteiger partial charge is 0.257 e. The molecule has 0 saturated heterocycles. The van der Waals surface area contributed by atoms with Gasteiger partial charge in [0.05, 0.1) is 5.75 Å². The van der Waals surface area contributed by atoms with E-state index >= 15 is 0 Å². The standard InChI is InChI=1S/C20H21N3O3S/c1-12-8-9-15(13(2)19(12)22-14(3)24)10-21-18(25)11-27-20-23-16-6-4-5-7-17(16)26-20/h4-9H,10-11H2,1-3H3,(H,21,25)(H,22,24). The van der Waals surface area contributed by atoms with Gasteiger partial charge in [0.15, 0.2) is 5.58 Å². The molecule has 0 atom stereocenters. The second kappa shape index (κ2) is 8.26. The van der Waals surface area contributed by atoms with Crippen LogP contribution in [0.4, 0.5) is 5.69 Å². The van der Waals surface area contributed by atoms with Crippen molar-refractivity contribution in [2.24, 2.45) is 0 Å². The van der Waals surface area contributed by atoms with Crippen LogP contribution in [0.5, 0.6) is 0 Å². The number of carbonyl (C=O) groups excluding carboxylic acids is 2. The van der Waals surface area contributed by atoms with E-state index in [0.717, 1.165) is 27.9 Å². The molecule has 0 saturated carbocycles. The summed E-state index contributed by atoms with van der Waals surface area (Å²) in [6.45, 7) is 5.76. The van der Waals surface area contributed by atoms with Crippen LogP contribution in [0.1, 0.15) is 23.6 Å². The summed E-state index contributed by atoms with van der Waals surface area (Å²) < 4.78 is 5.60. The number of fused-ring (bicyclic) bond motifs is 1. The van der Waals surface area contributed by atoms with E-state index < -0.39 is 0 Å². The van der Waals surface area contributed by atoms with Crippen molar-refractivity contribution in [3.8, 4) is 0 Å². The average molecular weight is 383 g/mol. The first-order chi connectivity index (χ1) is 12.9. The third-order valence-corrected chi connectivity index (χ3v) is 4.99. The lowest BCUT2D eigenvalue weighted by Gasteiger charge is -2.15. The molecule has 0 spiro atoms. The topological polar surface area (TPSA) is 84.2 Å². The largest absolute Gasteiger partial charge is 0.431 e. The molecule has 27 heavy (non-hydrogen) atoms. The fourth-order valence-electron chi connectivity index (χ4n) is 2.74. The number of oxazole rings is 1. The molecule has 0 radical (unpaired) electrons. The van der Waals surface area contributed by atoms with Crippen LogP contribution in [-0.2, 0) is 16.1 Å². The molecule has 2 N–H and O–H groups in total. The maximum absolute atomic E-state index is 12.2. The molecule has 1 heterocycles. The van der Waals surface area contributed by atoms with Crippen LogP contribution in [0.2, 0.25) is 0 Å². The van der Waals surface area contributed by atoms with Gasteiger partial charge in [0, 0.05) is 19.2 Å². The summed E-state index contributed by atoms with van der Waals surface area (Å²) in [5.74, 6) is -0.00329. The number of aryl methyl sites for hydroxylation is 1. The van der Waals surface area contributed by atoms with Gasteiger partial charge in [-0.1, -0.05) is 36.0 Å². The highest BCUT2D eigenvalue weighted by Gasteiger charge is 2.12. The van der Waals surface area contributed by atoms with Gasteiger partial charge in [-0.15, -0.1) is 0 Å². The lowest BCUT2D eigenvalue weighted by Crippen LogP contribution is -2.25. The number of thioether (sulfide) groups is 1. The number of nitrogens with one attached hydrogen (secondary N) is 2. The zero-order chi connectivity index (χ0) is 19.4. The van der Waals surface area contributed by atoms with Crippen molar-refractivity contribution in [3.05, 3.63) is 53.1 Å². The van der Waals surface area contributed by atoms with Crippen LogP contribution in [0.25, 0.3) is 11.1 Å². The van der Waals surface area contributed by atoms with E-state index in [1.807, 2.05) is 50.2 Å². The van der Waals surface area contributed by atoms with Gasteiger partial charge in [-0.2, -0.15) is 0 Å². The first kappa shape index (κ1) is 19.0. The number of benzene rings is 2. The molecule has 3 aromatic rings. The van der Waals surface area contributed by atoms with E-state index in [1.54, 1.807) is 0 Å². The third kappa shape index (κ3) is 4.68. The number of hydrogen-bond donors (Lipinski definition) is 2. The Balaban J connectivity index is 1.58. The number of hydrogen-bond acceptors (Lipinski definition) is 5. The number of para-hydroxylation sites is 2. The lowest BCUT2D eigenvalue weighted by atomic mass is 10.0. The van der Waals surface area contributed by atoms with Crippen LogP contribution in [-0.4, -0.2) is 22.6 Å². The minimum atomic E-state index is -0.114. The molecule has 0 aliphatic heterocycles. The Labute approximate surface area is 161 Å². The van der Waals surface area contributed by atoms with Crippen molar-refractivity contribution in [3.63, 3.8) is 0 Å². The minimum absolute atomic E-state index is 0.108. The zero-order valence-corrected chi connectivity index (χ0v) is 16.3. The van der Waals surface area contributed by atoms with Crippen LogP contribution >= 0.6 is 11.8 Å². The molecule has 2 amide bonds. The Morgan fingerprint density at radius 3 is 2.67 bits per heavy atom. The van der Waals surface area contributed by atoms with E-state index in [4.69, 9.17) is 4.42 Å². The Hall–Kier alpha value is -2.80. The predicted molar refractivity (Wildman–Crippen MR) is 107 cm³/mol. The van der Waals surface area contributed by atoms with Crippen LogP contribution in [0, 0.1) is 13.8 Å². The third-order valence-electron chi connectivity index (χ3n) is 4.16. The van der Waals surface area contributed by atoms with Gasteiger partial charge >= 0.3 is 0 Å².